The van der Waals surface area contributed by atoms with Crippen LogP contribution in [0.1, 0.15) is 37.8 Å². The lowest BCUT2D eigenvalue weighted by Gasteiger charge is -2.43. The molecule has 1 fully saturated rings. The number of sulfonamides is 1. The number of hydrogen-bond acceptors (Lipinski definition) is 5. The molecule has 0 atom stereocenters. The predicted octanol–water partition coefficient (Wildman–Crippen LogP) is 2.65. The zero-order valence-corrected chi connectivity index (χ0v) is 15.0. The Hall–Kier alpha value is -0.210. The van der Waals surface area contributed by atoms with Crippen LogP contribution in [0.4, 0.5) is 0 Å². The first-order valence-electron chi connectivity index (χ1n) is 7.07. The van der Waals surface area contributed by atoms with Crippen molar-refractivity contribution in [1.82, 2.24) is 14.6 Å². The summed E-state index contributed by atoms with van der Waals surface area (Å²) in [6, 6.07) is 0. The number of hydrogen-bond donors (Lipinski definition) is 1. The molecule has 0 saturated heterocycles. The summed E-state index contributed by atoms with van der Waals surface area (Å²) in [5.41, 5.74) is 0.369. The molecule has 1 aliphatic carbocycles. The fraction of sp³-hybridized carbons (Fsp3) is 0.769. The fourth-order valence-electron chi connectivity index (χ4n) is 2.89. The van der Waals surface area contributed by atoms with E-state index in [1.54, 1.807) is 6.92 Å². The third-order valence-corrected chi connectivity index (χ3v) is 7.57. The molecule has 5 nitrogen and oxygen atoms in total. The van der Waals surface area contributed by atoms with Crippen LogP contribution >= 0.6 is 22.9 Å². The number of aromatic nitrogens is 1. The summed E-state index contributed by atoms with van der Waals surface area (Å²) in [5.74, 6) is 0. The van der Waals surface area contributed by atoms with Gasteiger partial charge in [0.15, 0.2) is 8.68 Å². The van der Waals surface area contributed by atoms with Gasteiger partial charge in [-0.15, -0.1) is 0 Å². The quantitative estimate of drug-likeness (QED) is 0.885. The summed E-state index contributed by atoms with van der Waals surface area (Å²) in [6.45, 7) is 2.09. The van der Waals surface area contributed by atoms with E-state index in [2.05, 4.69) is 14.6 Å². The SMILES string of the molecule is Cc1nc(Cl)sc1S(=O)(=O)NCC1(N(C)C)CCCCC1. The van der Waals surface area contributed by atoms with Gasteiger partial charge < -0.3 is 4.90 Å². The van der Waals surface area contributed by atoms with Gasteiger partial charge in [-0.05, 0) is 33.9 Å². The first-order valence-corrected chi connectivity index (χ1v) is 9.75. The highest BCUT2D eigenvalue weighted by Crippen LogP contribution is 2.32. The fourth-order valence-corrected chi connectivity index (χ4v) is 5.79. The highest BCUT2D eigenvalue weighted by atomic mass is 35.5. The summed E-state index contributed by atoms with van der Waals surface area (Å²) in [5, 5.41) is 0. The topological polar surface area (TPSA) is 62.3 Å². The molecule has 1 aliphatic rings. The third-order valence-electron chi connectivity index (χ3n) is 4.30. The third kappa shape index (κ3) is 3.76. The highest BCUT2D eigenvalue weighted by Gasteiger charge is 2.36. The average molecular weight is 352 g/mol. The minimum Gasteiger partial charge on any atom is -0.302 e. The molecule has 120 valence electrons. The Morgan fingerprint density at radius 2 is 1.95 bits per heavy atom. The summed E-state index contributed by atoms with van der Waals surface area (Å²) in [4.78, 5) is 6.13. The van der Waals surface area contributed by atoms with Crippen LogP contribution in [0.25, 0.3) is 0 Å². The Morgan fingerprint density at radius 1 is 1.33 bits per heavy atom. The van der Waals surface area contributed by atoms with Gasteiger partial charge in [0.25, 0.3) is 10.0 Å². The number of thiazole rings is 1. The van der Waals surface area contributed by atoms with E-state index < -0.39 is 10.0 Å². The van der Waals surface area contributed by atoms with Gasteiger partial charge in [0.05, 0.1) is 5.69 Å². The van der Waals surface area contributed by atoms with Gasteiger partial charge in [0.2, 0.25) is 0 Å². The molecule has 8 heteroatoms. The van der Waals surface area contributed by atoms with Gasteiger partial charge >= 0.3 is 0 Å². The standard InChI is InChI=1S/C13H22ClN3O2S2/c1-10-11(20-12(14)16-10)21(18,19)15-9-13(17(2)3)7-5-4-6-8-13/h15H,4-9H2,1-3H3. The van der Waals surface area contributed by atoms with Crippen LogP contribution < -0.4 is 4.72 Å². The number of aryl methyl sites for hydroxylation is 1. The van der Waals surface area contributed by atoms with Crippen molar-refractivity contribution >= 4 is 33.0 Å². The van der Waals surface area contributed by atoms with Crippen molar-refractivity contribution in [2.45, 2.75) is 48.8 Å². The van der Waals surface area contributed by atoms with Crippen LogP contribution in [0.5, 0.6) is 0 Å². The van der Waals surface area contributed by atoms with Gasteiger partial charge in [0, 0.05) is 12.1 Å². The molecule has 0 spiro atoms. The van der Waals surface area contributed by atoms with Crippen LogP contribution in [0.2, 0.25) is 4.47 Å². The van der Waals surface area contributed by atoms with Crippen molar-refractivity contribution in [2.75, 3.05) is 20.6 Å². The summed E-state index contributed by atoms with van der Waals surface area (Å²) < 4.78 is 28.2. The van der Waals surface area contributed by atoms with Gasteiger partial charge in [-0.2, -0.15) is 0 Å². The zero-order valence-electron chi connectivity index (χ0n) is 12.6. The maximum absolute atomic E-state index is 12.5. The van der Waals surface area contributed by atoms with E-state index in [1.165, 1.54) is 6.42 Å². The first kappa shape index (κ1) is 17.1. The minimum atomic E-state index is -3.55. The molecule has 1 saturated carbocycles. The monoisotopic (exact) mass is 351 g/mol. The number of nitrogens with one attached hydrogen (secondary N) is 1. The van der Waals surface area contributed by atoms with Crippen molar-refractivity contribution in [3.63, 3.8) is 0 Å². The van der Waals surface area contributed by atoms with Crippen molar-refractivity contribution in [2.24, 2.45) is 0 Å². The number of halogens is 1. The molecule has 0 unspecified atom stereocenters. The normalized spacial score (nSPS) is 19.1. The summed E-state index contributed by atoms with van der Waals surface area (Å²) in [6.07, 6.45) is 5.55. The number of rotatable bonds is 5. The molecule has 21 heavy (non-hydrogen) atoms. The molecule has 0 aliphatic heterocycles. The van der Waals surface area contributed by atoms with Crippen LogP contribution in [0, 0.1) is 6.92 Å². The van der Waals surface area contributed by atoms with E-state index in [0.717, 1.165) is 37.0 Å². The molecule has 2 rings (SSSR count). The maximum atomic E-state index is 12.5. The van der Waals surface area contributed by atoms with E-state index in [1.807, 2.05) is 14.1 Å². The molecule has 1 aromatic heterocycles. The van der Waals surface area contributed by atoms with E-state index in [0.29, 0.717) is 12.2 Å². The van der Waals surface area contributed by atoms with Crippen molar-refractivity contribution in [3.8, 4) is 0 Å². The van der Waals surface area contributed by atoms with Crippen molar-refractivity contribution in [3.05, 3.63) is 10.2 Å². The predicted molar refractivity (Wildman–Crippen MR) is 86.6 cm³/mol. The Morgan fingerprint density at radius 3 is 2.43 bits per heavy atom. The Labute approximate surface area is 135 Å². The second-order valence-electron chi connectivity index (χ2n) is 5.84. The van der Waals surface area contributed by atoms with Crippen LogP contribution in [-0.2, 0) is 10.0 Å². The number of likely N-dealkylation sites (N-methyl/N-ethyl adjacent to an activating group) is 1. The lowest BCUT2D eigenvalue weighted by Crippen LogP contribution is -2.53. The molecule has 1 aromatic rings. The molecule has 0 bridgehead atoms. The molecule has 1 heterocycles. The van der Waals surface area contributed by atoms with E-state index in [-0.39, 0.29) is 14.2 Å². The Bertz CT molecular complexity index is 593. The van der Waals surface area contributed by atoms with Crippen LogP contribution in [-0.4, -0.2) is 44.5 Å². The Balaban J connectivity index is 2.15. The Kier molecular flexibility index (Phi) is 5.31. The minimum absolute atomic E-state index is 0.0896. The van der Waals surface area contributed by atoms with Gasteiger partial charge in [-0.25, -0.2) is 18.1 Å². The average Bonchev–Trinajstić information content (AvgIpc) is 2.77. The first-order chi connectivity index (χ1) is 9.77. The molecule has 1 N–H and O–H groups in total. The second-order valence-corrected chi connectivity index (χ2v) is 9.39. The smallest absolute Gasteiger partial charge is 0.252 e. The molecular weight excluding hydrogens is 330 g/mol. The van der Waals surface area contributed by atoms with Gasteiger partial charge in [-0.3, -0.25) is 0 Å². The second kappa shape index (κ2) is 6.50. The highest BCUT2D eigenvalue weighted by molar-refractivity contribution is 7.91. The lowest BCUT2D eigenvalue weighted by molar-refractivity contribution is 0.105. The van der Waals surface area contributed by atoms with E-state index in [9.17, 15) is 8.42 Å². The number of nitrogens with zero attached hydrogens (tertiary/aromatic N) is 2. The molecule has 0 aromatic carbocycles. The molecule has 0 amide bonds. The van der Waals surface area contributed by atoms with E-state index >= 15 is 0 Å². The van der Waals surface area contributed by atoms with Crippen molar-refractivity contribution in [1.29, 1.82) is 0 Å². The lowest BCUT2D eigenvalue weighted by atomic mass is 9.81. The maximum Gasteiger partial charge on any atom is 0.252 e. The van der Waals surface area contributed by atoms with Crippen molar-refractivity contribution < 1.29 is 8.42 Å². The van der Waals surface area contributed by atoms with E-state index in [4.69, 9.17) is 11.6 Å². The zero-order chi connectivity index (χ0) is 15.7. The molecular formula is C13H22ClN3O2S2. The van der Waals surface area contributed by atoms with Gasteiger partial charge in [-0.1, -0.05) is 42.2 Å². The van der Waals surface area contributed by atoms with Gasteiger partial charge in [0.1, 0.15) is 0 Å². The van der Waals surface area contributed by atoms with Crippen LogP contribution in [0.15, 0.2) is 4.21 Å². The molecule has 0 radical (unpaired) electrons. The van der Waals surface area contributed by atoms with Crippen LogP contribution in [0.3, 0.4) is 0 Å². The summed E-state index contributed by atoms with van der Waals surface area (Å²) in [7, 11) is 0.498. The largest absolute Gasteiger partial charge is 0.302 e. The summed E-state index contributed by atoms with van der Waals surface area (Å²) >= 11 is 6.81.